The highest BCUT2D eigenvalue weighted by Crippen LogP contribution is 2.05. The lowest BCUT2D eigenvalue weighted by Crippen LogP contribution is -2.36. The van der Waals surface area contributed by atoms with E-state index in [2.05, 4.69) is 4.90 Å². The number of nitrogens with zero attached hydrogens (tertiary/aromatic N) is 1. The largest absolute Gasteiger partial charge is 0.387 e. The summed E-state index contributed by atoms with van der Waals surface area (Å²) in [6, 6.07) is 0. The van der Waals surface area contributed by atoms with Crippen LogP contribution in [0.4, 0.5) is 0 Å². The minimum absolute atomic E-state index is 0.113. The van der Waals surface area contributed by atoms with E-state index in [1.54, 1.807) is 0 Å². The van der Waals surface area contributed by atoms with Gasteiger partial charge in [0.25, 0.3) is 0 Å². The fourth-order valence-electron chi connectivity index (χ4n) is 1.56. The molecule has 3 N–H and O–H groups in total. The van der Waals surface area contributed by atoms with Gasteiger partial charge in [-0.25, -0.2) is 0 Å². The van der Waals surface area contributed by atoms with Gasteiger partial charge in [-0.15, -0.1) is 0 Å². The van der Waals surface area contributed by atoms with Crippen molar-refractivity contribution in [3.63, 3.8) is 0 Å². The fraction of sp³-hybridized carbons (Fsp3) is 0.889. The SMILES string of the molecule is CC(CN1CCCS(=O)CC1)C(=N)N. The van der Waals surface area contributed by atoms with Crippen LogP contribution < -0.4 is 5.73 Å². The molecule has 0 saturated carbocycles. The summed E-state index contributed by atoms with van der Waals surface area (Å²) in [7, 11) is -0.630. The van der Waals surface area contributed by atoms with Crippen LogP contribution in [-0.4, -0.2) is 46.1 Å². The zero-order chi connectivity index (χ0) is 10.6. The molecule has 0 radical (unpaired) electrons. The van der Waals surface area contributed by atoms with Gasteiger partial charge in [0.15, 0.2) is 0 Å². The summed E-state index contributed by atoms with van der Waals surface area (Å²) in [4.78, 5) is 2.26. The Kier molecular flexibility index (Phi) is 4.54. The van der Waals surface area contributed by atoms with Crippen LogP contribution in [0.1, 0.15) is 13.3 Å². The molecule has 0 aromatic heterocycles. The molecule has 14 heavy (non-hydrogen) atoms. The smallest absolute Gasteiger partial charge is 0.0947 e. The molecule has 0 aromatic rings. The van der Waals surface area contributed by atoms with Gasteiger partial charge in [0.05, 0.1) is 5.84 Å². The molecule has 2 unspecified atom stereocenters. The number of hydrogen-bond donors (Lipinski definition) is 2. The molecule has 0 aliphatic carbocycles. The second-order valence-corrected chi connectivity index (χ2v) is 5.55. The molecule has 1 heterocycles. The van der Waals surface area contributed by atoms with Crippen molar-refractivity contribution < 1.29 is 4.21 Å². The minimum Gasteiger partial charge on any atom is -0.387 e. The maximum Gasteiger partial charge on any atom is 0.0947 e. The van der Waals surface area contributed by atoms with Gasteiger partial charge in [-0.1, -0.05) is 6.92 Å². The molecule has 0 bridgehead atoms. The topological polar surface area (TPSA) is 70.2 Å². The van der Waals surface area contributed by atoms with E-state index >= 15 is 0 Å². The van der Waals surface area contributed by atoms with Crippen LogP contribution >= 0.6 is 0 Å². The molecule has 5 heteroatoms. The van der Waals surface area contributed by atoms with Crippen molar-refractivity contribution in [1.82, 2.24) is 4.90 Å². The molecule has 1 rings (SSSR count). The zero-order valence-corrected chi connectivity index (χ0v) is 9.48. The van der Waals surface area contributed by atoms with Crippen molar-refractivity contribution in [2.45, 2.75) is 13.3 Å². The van der Waals surface area contributed by atoms with Crippen LogP contribution in [0.2, 0.25) is 0 Å². The first-order chi connectivity index (χ1) is 6.59. The molecule has 0 spiro atoms. The van der Waals surface area contributed by atoms with Crippen LogP contribution in [0, 0.1) is 11.3 Å². The van der Waals surface area contributed by atoms with E-state index in [9.17, 15) is 4.21 Å². The monoisotopic (exact) mass is 217 g/mol. The van der Waals surface area contributed by atoms with Crippen molar-refractivity contribution >= 4 is 16.6 Å². The first kappa shape index (κ1) is 11.7. The van der Waals surface area contributed by atoms with Crippen molar-refractivity contribution in [1.29, 1.82) is 5.41 Å². The van der Waals surface area contributed by atoms with Gasteiger partial charge < -0.3 is 10.6 Å². The number of rotatable bonds is 3. The Hall–Kier alpha value is -0.420. The van der Waals surface area contributed by atoms with E-state index in [1.165, 1.54) is 0 Å². The van der Waals surface area contributed by atoms with Crippen LogP contribution in [0.3, 0.4) is 0 Å². The molecule has 4 nitrogen and oxygen atoms in total. The second kappa shape index (κ2) is 5.46. The summed E-state index contributed by atoms with van der Waals surface area (Å²) in [5, 5.41) is 7.30. The maximum absolute atomic E-state index is 11.3. The van der Waals surface area contributed by atoms with E-state index in [1.807, 2.05) is 6.92 Å². The fourth-order valence-corrected chi connectivity index (χ4v) is 2.68. The molecule has 0 amide bonds. The van der Waals surface area contributed by atoms with Crippen LogP contribution in [0.25, 0.3) is 0 Å². The Morgan fingerprint density at radius 3 is 2.93 bits per heavy atom. The van der Waals surface area contributed by atoms with Crippen LogP contribution in [0.15, 0.2) is 0 Å². The summed E-state index contributed by atoms with van der Waals surface area (Å²) < 4.78 is 11.3. The number of amidine groups is 1. The summed E-state index contributed by atoms with van der Waals surface area (Å²) in [6.45, 7) is 4.66. The van der Waals surface area contributed by atoms with Crippen molar-refractivity contribution in [2.24, 2.45) is 11.7 Å². The number of hydrogen-bond acceptors (Lipinski definition) is 3. The van der Waals surface area contributed by atoms with Crippen LogP contribution in [-0.2, 0) is 10.8 Å². The second-order valence-electron chi connectivity index (χ2n) is 3.86. The highest BCUT2D eigenvalue weighted by Gasteiger charge is 2.16. The van der Waals surface area contributed by atoms with Crippen LogP contribution in [0.5, 0.6) is 0 Å². The molecule has 1 fully saturated rings. The van der Waals surface area contributed by atoms with E-state index < -0.39 is 10.8 Å². The van der Waals surface area contributed by atoms with Gasteiger partial charge >= 0.3 is 0 Å². The summed E-state index contributed by atoms with van der Waals surface area (Å²) in [6.07, 6.45) is 0.997. The average molecular weight is 217 g/mol. The molecular formula is C9H19N3OS. The normalized spacial score (nSPS) is 26.8. The van der Waals surface area contributed by atoms with Gasteiger partial charge in [0.1, 0.15) is 0 Å². The standard InChI is InChI=1S/C9H19N3OS/c1-8(9(10)11)7-12-3-2-5-14(13)6-4-12/h8H,2-7H2,1H3,(H3,10,11). The predicted molar refractivity (Wildman–Crippen MR) is 60.0 cm³/mol. The van der Waals surface area contributed by atoms with Crippen molar-refractivity contribution in [2.75, 3.05) is 31.1 Å². The highest BCUT2D eigenvalue weighted by atomic mass is 32.2. The summed E-state index contributed by atoms with van der Waals surface area (Å²) in [5.74, 6) is 1.95. The minimum atomic E-state index is -0.630. The first-order valence-corrected chi connectivity index (χ1v) is 6.49. The maximum atomic E-state index is 11.3. The third-order valence-electron chi connectivity index (χ3n) is 2.54. The lowest BCUT2D eigenvalue weighted by molar-refractivity contribution is 0.278. The van der Waals surface area contributed by atoms with Gasteiger partial charge in [0.2, 0.25) is 0 Å². The van der Waals surface area contributed by atoms with Crippen molar-refractivity contribution in [3.8, 4) is 0 Å². The number of nitrogens with two attached hydrogens (primary N) is 1. The number of nitrogens with one attached hydrogen (secondary N) is 1. The molecule has 1 aliphatic rings. The lowest BCUT2D eigenvalue weighted by atomic mass is 10.1. The van der Waals surface area contributed by atoms with Gasteiger partial charge in [-0.3, -0.25) is 9.62 Å². The molecule has 2 atom stereocenters. The molecule has 1 saturated heterocycles. The average Bonchev–Trinajstić information content (AvgIpc) is 2.31. The Morgan fingerprint density at radius 2 is 2.29 bits per heavy atom. The predicted octanol–water partition coefficient (Wildman–Crippen LogP) is 0.0129. The Balaban J connectivity index is 2.37. The molecule has 0 aromatic carbocycles. The lowest BCUT2D eigenvalue weighted by Gasteiger charge is -2.22. The molecule has 1 aliphatic heterocycles. The molecular weight excluding hydrogens is 198 g/mol. The van der Waals surface area contributed by atoms with E-state index in [4.69, 9.17) is 11.1 Å². The van der Waals surface area contributed by atoms with E-state index in [0.717, 1.165) is 37.6 Å². The Bertz CT molecular complexity index is 232. The zero-order valence-electron chi connectivity index (χ0n) is 8.66. The quantitative estimate of drug-likeness (QED) is 0.517. The molecule has 82 valence electrons. The summed E-state index contributed by atoms with van der Waals surface area (Å²) >= 11 is 0. The highest BCUT2D eigenvalue weighted by molar-refractivity contribution is 7.85. The van der Waals surface area contributed by atoms with Gasteiger partial charge in [-0.05, 0) is 13.0 Å². The van der Waals surface area contributed by atoms with E-state index in [0.29, 0.717) is 0 Å². The van der Waals surface area contributed by atoms with Gasteiger partial charge in [-0.2, -0.15) is 0 Å². The Labute approximate surface area is 87.8 Å². The first-order valence-electron chi connectivity index (χ1n) is 5.01. The Morgan fingerprint density at radius 1 is 1.57 bits per heavy atom. The third kappa shape index (κ3) is 3.75. The van der Waals surface area contributed by atoms with Gasteiger partial charge in [0, 0.05) is 41.3 Å². The summed E-state index contributed by atoms with van der Waals surface area (Å²) in [5.41, 5.74) is 5.42. The van der Waals surface area contributed by atoms with Crippen molar-refractivity contribution in [3.05, 3.63) is 0 Å². The van der Waals surface area contributed by atoms with E-state index in [-0.39, 0.29) is 11.8 Å². The third-order valence-corrected chi connectivity index (χ3v) is 3.93.